The summed E-state index contributed by atoms with van der Waals surface area (Å²) in [5.74, 6) is -0.0202. The molecule has 4 rings (SSSR count). The molecule has 0 radical (unpaired) electrons. The highest BCUT2D eigenvalue weighted by Crippen LogP contribution is 2.30. The third-order valence-electron chi connectivity index (χ3n) is 4.48. The highest BCUT2D eigenvalue weighted by atomic mass is 32.1. The van der Waals surface area contributed by atoms with Crippen LogP contribution >= 0.6 is 22.7 Å². The van der Waals surface area contributed by atoms with Gasteiger partial charge in [0.15, 0.2) is 10.3 Å². The van der Waals surface area contributed by atoms with E-state index in [9.17, 15) is 9.59 Å². The fourth-order valence-corrected chi connectivity index (χ4v) is 4.15. The van der Waals surface area contributed by atoms with Crippen molar-refractivity contribution in [2.45, 2.75) is 32.6 Å². The Morgan fingerprint density at radius 1 is 1.04 bits per heavy atom. The normalized spacial score (nSPS) is 13.3. The van der Waals surface area contributed by atoms with Crippen LogP contribution in [0.5, 0.6) is 0 Å². The van der Waals surface area contributed by atoms with E-state index in [1.54, 1.807) is 5.38 Å². The number of nitrogens with zero attached hydrogens (tertiary/aromatic N) is 2. The molecule has 3 aromatic rings. The molecule has 28 heavy (non-hydrogen) atoms. The SMILES string of the molecule is CCc1ccc(-c2csc(NC(=O)Cc3csc(NC(=O)C4CC4)n3)n2)cc1. The molecule has 144 valence electrons. The number of nitrogens with one attached hydrogen (secondary N) is 2. The van der Waals surface area contributed by atoms with Crippen LogP contribution in [0.4, 0.5) is 10.3 Å². The number of hydrogen-bond acceptors (Lipinski definition) is 6. The molecule has 2 heterocycles. The van der Waals surface area contributed by atoms with Gasteiger partial charge < -0.3 is 10.6 Å². The number of thiazole rings is 2. The van der Waals surface area contributed by atoms with Crippen molar-refractivity contribution in [1.29, 1.82) is 0 Å². The van der Waals surface area contributed by atoms with Crippen LogP contribution in [0, 0.1) is 5.92 Å². The van der Waals surface area contributed by atoms with Crippen molar-refractivity contribution in [2.75, 3.05) is 10.6 Å². The van der Waals surface area contributed by atoms with Crippen LogP contribution in [0.3, 0.4) is 0 Å². The Labute approximate surface area is 171 Å². The first kappa shape index (κ1) is 18.8. The lowest BCUT2D eigenvalue weighted by molar-refractivity contribution is -0.117. The lowest BCUT2D eigenvalue weighted by Crippen LogP contribution is -2.15. The van der Waals surface area contributed by atoms with Gasteiger partial charge >= 0.3 is 0 Å². The molecule has 2 aromatic heterocycles. The number of hydrogen-bond donors (Lipinski definition) is 2. The predicted octanol–water partition coefficient (Wildman–Crippen LogP) is 4.36. The van der Waals surface area contributed by atoms with E-state index in [2.05, 4.69) is 39.7 Å². The molecule has 1 fully saturated rings. The highest BCUT2D eigenvalue weighted by Gasteiger charge is 2.30. The van der Waals surface area contributed by atoms with Crippen LogP contribution < -0.4 is 10.6 Å². The predicted molar refractivity (Wildman–Crippen MR) is 113 cm³/mol. The number of rotatable bonds is 7. The summed E-state index contributed by atoms with van der Waals surface area (Å²) in [4.78, 5) is 32.9. The van der Waals surface area contributed by atoms with Crippen LogP contribution in [0.2, 0.25) is 0 Å². The van der Waals surface area contributed by atoms with Crippen LogP contribution in [-0.4, -0.2) is 21.8 Å². The largest absolute Gasteiger partial charge is 0.302 e. The van der Waals surface area contributed by atoms with E-state index < -0.39 is 0 Å². The molecule has 6 nitrogen and oxygen atoms in total. The van der Waals surface area contributed by atoms with Crippen molar-refractivity contribution in [3.05, 3.63) is 46.3 Å². The van der Waals surface area contributed by atoms with Gasteiger partial charge in [0.05, 0.1) is 17.8 Å². The second-order valence-corrected chi connectivity index (χ2v) is 8.44. The minimum Gasteiger partial charge on any atom is -0.302 e. The van der Waals surface area contributed by atoms with Gasteiger partial charge in [-0.1, -0.05) is 31.2 Å². The van der Waals surface area contributed by atoms with Gasteiger partial charge in [-0.25, -0.2) is 9.97 Å². The Bertz CT molecular complexity index is 990. The number of carbonyl (C=O) groups is 2. The van der Waals surface area contributed by atoms with Gasteiger partial charge in [-0.3, -0.25) is 9.59 Å². The van der Waals surface area contributed by atoms with E-state index in [1.165, 1.54) is 28.2 Å². The van der Waals surface area contributed by atoms with E-state index in [0.29, 0.717) is 16.0 Å². The summed E-state index contributed by atoms with van der Waals surface area (Å²) in [5, 5.41) is 10.5. The fraction of sp³-hybridized carbons (Fsp3) is 0.300. The fourth-order valence-electron chi connectivity index (χ4n) is 2.70. The van der Waals surface area contributed by atoms with Gasteiger partial charge in [0.25, 0.3) is 0 Å². The minimum atomic E-state index is -0.174. The summed E-state index contributed by atoms with van der Waals surface area (Å²) in [5.41, 5.74) is 3.80. The van der Waals surface area contributed by atoms with Crippen LogP contribution in [-0.2, 0) is 22.4 Å². The maximum atomic E-state index is 12.3. The van der Waals surface area contributed by atoms with Crippen molar-refractivity contribution in [1.82, 2.24) is 9.97 Å². The smallest absolute Gasteiger partial charge is 0.232 e. The van der Waals surface area contributed by atoms with Crippen molar-refractivity contribution in [2.24, 2.45) is 5.92 Å². The summed E-state index contributed by atoms with van der Waals surface area (Å²) in [6, 6.07) is 8.28. The number of amides is 2. The van der Waals surface area contributed by atoms with E-state index in [-0.39, 0.29) is 24.2 Å². The Morgan fingerprint density at radius 3 is 2.46 bits per heavy atom. The summed E-state index contributed by atoms with van der Waals surface area (Å²) in [7, 11) is 0. The van der Waals surface area contributed by atoms with E-state index in [1.807, 2.05) is 17.5 Å². The third kappa shape index (κ3) is 4.63. The molecular formula is C20H20N4O2S2. The molecule has 8 heteroatoms. The maximum Gasteiger partial charge on any atom is 0.232 e. The molecule has 1 aromatic carbocycles. The van der Waals surface area contributed by atoms with Crippen molar-refractivity contribution in [3.8, 4) is 11.3 Å². The second-order valence-electron chi connectivity index (χ2n) is 6.72. The van der Waals surface area contributed by atoms with Gasteiger partial charge in [0.1, 0.15) is 0 Å². The number of aryl methyl sites for hydroxylation is 1. The van der Waals surface area contributed by atoms with Crippen LogP contribution in [0.25, 0.3) is 11.3 Å². The first-order valence-electron chi connectivity index (χ1n) is 9.20. The highest BCUT2D eigenvalue weighted by molar-refractivity contribution is 7.14. The lowest BCUT2D eigenvalue weighted by atomic mass is 10.1. The molecule has 0 atom stereocenters. The number of anilines is 2. The zero-order chi connectivity index (χ0) is 19.5. The maximum absolute atomic E-state index is 12.3. The molecular weight excluding hydrogens is 392 g/mol. The Hall–Kier alpha value is -2.58. The van der Waals surface area contributed by atoms with Gasteiger partial charge in [-0.2, -0.15) is 0 Å². The zero-order valence-electron chi connectivity index (χ0n) is 15.4. The summed E-state index contributed by atoms with van der Waals surface area (Å²) in [6.07, 6.45) is 3.05. The first-order chi connectivity index (χ1) is 13.6. The molecule has 0 saturated heterocycles. The molecule has 1 saturated carbocycles. The number of carbonyl (C=O) groups excluding carboxylic acids is 2. The van der Waals surface area contributed by atoms with Crippen LogP contribution in [0.1, 0.15) is 31.0 Å². The Morgan fingerprint density at radius 2 is 1.75 bits per heavy atom. The molecule has 0 bridgehead atoms. The summed E-state index contributed by atoms with van der Waals surface area (Å²) < 4.78 is 0. The van der Waals surface area contributed by atoms with Crippen molar-refractivity contribution in [3.63, 3.8) is 0 Å². The van der Waals surface area contributed by atoms with E-state index in [4.69, 9.17) is 0 Å². The molecule has 0 spiro atoms. The number of aromatic nitrogens is 2. The topological polar surface area (TPSA) is 84.0 Å². The summed E-state index contributed by atoms with van der Waals surface area (Å²) in [6.45, 7) is 2.12. The molecule has 1 aliphatic rings. The molecule has 1 aliphatic carbocycles. The van der Waals surface area contributed by atoms with Gasteiger partial charge in [0.2, 0.25) is 11.8 Å². The van der Waals surface area contributed by atoms with Gasteiger partial charge in [-0.15, -0.1) is 22.7 Å². The van der Waals surface area contributed by atoms with Crippen LogP contribution in [0.15, 0.2) is 35.0 Å². The molecule has 2 amide bonds. The minimum absolute atomic E-state index is 0.0210. The van der Waals surface area contributed by atoms with Crippen molar-refractivity contribution >= 4 is 44.8 Å². The lowest BCUT2D eigenvalue weighted by Gasteiger charge is -2.01. The standard InChI is InChI=1S/C20H20N4O2S2/c1-2-12-3-5-13(6-4-12)16-11-28-20(22-16)23-17(25)9-15-10-27-19(21-15)24-18(26)14-7-8-14/h3-6,10-11,14H,2,7-9H2,1H3,(H,21,24,26)(H,22,23,25). The monoisotopic (exact) mass is 412 g/mol. The number of benzene rings is 1. The molecule has 0 aliphatic heterocycles. The quantitative estimate of drug-likeness (QED) is 0.604. The van der Waals surface area contributed by atoms with E-state index >= 15 is 0 Å². The van der Waals surface area contributed by atoms with E-state index in [0.717, 1.165) is 30.5 Å². The first-order valence-corrected chi connectivity index (χ1v) is 11.0. The Kier molecular flexibility index (Phi) is 5.50. The van der Waals surface area contributed by atoms with Gasteiger partial charge in [0, 0.05) is 22.2 Å². The molecule has 2 N–H and O–H groups in total. The average Bonchev–Trinajstić information content (AvgIpc) is 3.31. The third-order valence-corrected chi connectivity index (χ3v) is 6.04. The summed E-state index contributed by atoms with van der Waals surface area (Å²) >= 11 is 2.74. The van der Waals surface area contributed by atoms with Gasteiger partial charge in [-0.05, 0) is 24.8 Å². The van der Waals surface area contributed by atoms with Crippen molar-refractivity contribution < 1.29 is 9.59 Å². The average molecular weight is 413 g/mol. The molecule has 0 unspecified atom stereocenters. The Balaban J connectivity index is 1.33. The second kappa shape index (κ2) is 8.20. The zero-order valence-corrected chi connectivity index (χ0v) is 17.0.